The summed E-state index contributed by atoms with van der Waals surface area (Å²) in [4.78, 5) is 0.717. The zero-order valence-corrected chi connectivity index (χ0v) is 16.1. The van der Waals surface area contributed by atoms with Crippen LogP contribution in [0.1, 0.15) is 16.1 Å². The number of furan rings is 1. The standard InChI is InChI=1S/C21H16N4O2S/c1-13-15-8-4-6-10-17(15)27-19(13)20-22-23-21-25(20)24-18(28-21)12-11-14-7-3-5-9-16(14)26-2/h3-12H,1-2H3/b12-11+. The van der Waals surface area contributed by atoms with E-state index in [1.165, 1.54) is 11.3 Å². The number of ether oxygens (including phenoxy) is 1. The summed E-state index contributed by atoms with van der Waals surface area (Å²) in [6.07, 6.45) is 3.93. The van der Waals surface area contributed by atoms with Crippen molar-refractivity contribution < 1.29 is 9.15 Å². The fourth-order valence-corrected chi connectivity index (χ4v) is 3.93. The van der Waals surface area contributed by atoms with Crippen molar-refractivity contribution in [3.05, 3.63) is 64.7 Å². The van der Waals surface area contributed by atoms with Crippen molar-refractivity contribution in [1.29, 1.82) is 0 Å². The Kier molecular flexibility index (Phi) is 3.95. The van der Waals surface area contributed by atoms with Crippen LogP contribution in [0.4, 0.5) is 0 Å². The van der Waals surface area contributed by atoms with Gasteiger partial charge in [0.15, 0.2) is 5.76 Å². The van der Waals surface area contributed by atoms with Crippen LogP contribution < -0.4 is 4.74 Å². The van der Waals surface area contributed by atoms with Crippen molar-refractivity contribution in [3.8, 4) is 17.3 Å². The minimum absolute atomic E-state index is 0.608. The van der Waals surface area contributed by atoms with Gasteiger partial charge in [0.1, 0.15) is 16.3 Å². The number of rotatable bonds is 4. The SMILES string of the molecule is COc1ccccc1/C=C/c1nn2c(-c3oc4ccccc4c3C)nnc2s1. The summed E-state index contributed by atoms with van der Waals surface area (Å²) in [6, 6.07) is 15.8. The zero-order chi connectivity index (χ0) is 19.1. The maximum absolute atomic E-state index is 6.03. The van der Waals surface area contributed by atoms with E-state index < -0.39 is 0 Å². The van der Waals surface area contributed by atoms with Gasteiger partial charge in [0, 0.05) is 16.5 Å². The van der Waals surface area contributed by atoms with Crippen LogP contribution in [-0.2, 0) is 0 Å². The molecule has 2 aromatic carbocycles. The number of hydrogen-bond acceptors (Lipinski definition) is 6. The summed E-state index contributed by atoms with van der Waals surface area (Å²) in [5.74, 6) is 2.12. The Morgan fingerprint density at radius 3 is 2.71 bits per heavy atom. The molecule has 0 atom stereocenters. The lowest BCUT2D eigenvalue weighted by molar-refractivity contribution is 0.414. The number of benzene rings is 2. The number of nitrogens with zero attached hydrogens (tertiary/aromatic N) is 4. The highest BCUT2D eigenvalue weighted by atomic mass is 32.1. The van der Waals surface area contributed by atoms with E-state index in [1.54, 1.807) is 11.6 Å². The molecule has 0 radical (unpaired) electrons. The first-order valence-corrected chi connectivity index (χ1v) is 9.58. The third kappa shape index (κ3) is 2.68. The smallest absolute Gasteiger partial charge is 0.235 e. The van der Waals surface area contributed by atoms with Crippen LogP contribution in [0.15, 0.2) is 52.9 Å². The van der Waals surface area contributed by atoms with Gasteiger partial charge in [-0.05, 0) is 31.2 Å². The second-order valence-electron chi connectivity index (χ2n) is 6.29. The quantitative estimate of drug-likeness (QED) is 0.429. The number of methoxy groups -OCH3 is 1. The molecular weight excluding hydrogens is 372 g/mol. The summed E-state index contributed by atoms with van der Waals surface area (Å²) in [5.41, 5.74) is 2.85. The van der Waals surface area contributed by atoms with Crippen LogP contribution in [0.2, 0.25) is 0 Å². The molecule has 0 N–H and O–H groups in total. The first kappa shape index (κ1) is 16.7. The van der Waals surface area contributed by atoms with Crippen LogP contribution in [0, 0.1) is 6.92 Å². The van der Waals surface area contributed by atoms with Gasteiger partial charge in [-0.1, -0.05) is 47.7 Å². The van der Waals surface area contributed by atoms with Crippen molar-refractivity contribution in [2.45, 2.75) is 6.92 Å². The first-order valence-electron chi connectivity index (χ1n) is 8.76. The maximum Gasteiger partial charge on any atom is 0.235 e. The predicted molar refractivity (Wildman–Crippen MR) is 111 cm³/mol. The minimum atomic E-state index is 0.608. The Balaban J connectivity index is 1.55. The van der Waals surface area contributed by atoms with E-state index in [1.807, 2.05) is 67.6 Å². The van der Waals surface area contributed by atoms with Gasteiger partial charge in [-0.2, -0.15) is 9.61 Å². The van der Waals surface area contributed by atoms with Gasteiger partial charge in [-0.25, -0.2) is 0 Å². The fourth-order valence-electron chi connectivity index (χ4n) is 3.19. The molecule has 6 nitrogen and oxygen atoms in total. The van der Waals surface area contributed by atoms with E-state index in [0.29, 0.717) is 11.6 Å². The Labute approximate surface area is 164 Å². The Hall–Kier alpha value is -3.45. The molecule has 138 valence electrons. The lowest BCUT2D eigenvalue weighted by atomic mass is 10.1. The van der Waals surface area contributed by atoms with Crippen LogP contribution >= 0.6 is 11.3 Å². The molecule has 5 rings (SSSR count). The van der Waals surface area contributed by atoms with Crippen molar-refractivity contribution in [3.63, 3.8) is 0 Å². The van der Waals surface area contributed by atoms with Gasteiger partial charge in [-0.15, -0.1) is 10.2 Å². The van der Waals surface area contributed by atoms with Crippen LogP contribution in [0.5, 0.6) is 5.75 Å². The minimum Gasteiger partial charge on any atom is -0.496 e. The van der Waals surface area contributed by atoms with Gasteiger partial charge in [-0.3, -0.25) is 0 Å². The molecular formula is C21H16N4O2S. The summed E-state index contributed by atoms with van der Waals surface area (Å²) >= 11 is 1.47. The molecule has 0 aliphatic carbocycles. The van der Waals surface area contributed by atoms with Gasteiger partial charge in [0.05, 0.1) is 7.11 Å². The number of fused-ring (bicyclic) bond motifs is 2. The summed E-state index contributed by atoms with van der Waals surface area (Å²) in [7, 11) is 1.66. The maximum atomic E-state index is 6.03. The molecule has 0 saturated carbocycles. The molecule has 0 aliphatic heterocycles. The number of para-hydroxylation sites is 2. The first-order chi connectivity index (χ1) is 13.7. The molecule has 28 heavy (non-hydrogen) atoms. The molecule has 5 aromatic rings. The molecule has 3 aromatic heterocycles. The molecule has 0 unspecified atom stereocenters. The molecule has 0 spiro atoms. The number of aromatic nitrogens is 4. The lowest BCUT2D eigenvalue weighted by Crippen LogP contribution is -1.91. The van der Waals surface area contributed by atoms with Crippen LogP contribution in [0.3, 0.4) is 0 Å². The van der Waals surface area contributed by atoms with Gasteiger partial charge in [0.2, 0.25) is 10.8 Å². The summed E-state index contributed by atoms with van der Waals surface area (Å²) < 4.78 is 13.1. The Bertz CT molecular complexity index is 1330. The van der Waals surface area contributed by atoms with Crippen LogP contribution in [0.25, 0.3) is 39.7 Å². The molecule has 3 heterocycles. The van der Waals surface area contributed by atoms with Crippen molar-refractivity contribution >= 4 is 39.4 Å². The lowest BCUT2D eigenvalue weighted by Gasteiger charge is -2.02. The molecule has 7 heteroatoms. The Morgan fingerprint density at radius 2 is 1.86 bits per heavy atom. The molecule has 0 fully saturated rings. The summed E-state index contributed by atoms with van der Waals surface area (Å²) in [6.45, 7) is 2.02. The van der Waals surface area contributed by atoms with Crippen molar-refractivity contribution in [1.82, 2.24) is 19.8 Å². The molecule has 0 bridgehead atoms. The van der Waals surface area contributed by atoms with E-state index in [2.05, 4.69) is 15.3 Å². The van der Waals surface area contributed by atoms with Gasteiger partial charge < -0.3 is 9.15 Å². The van der Waals surface area contributed by atoms with Crippen molar-refractivity contribution in [2.75, 3.05) is 7.11 Å². The molecule has 0 aliphatic rings. The second-order valence-corrected chi connectivity index (χ2v) is 7.27. The Morgan fingerprint density at radius 1 is 1.04 bits per heavy atom. The van der Waals surface area contributed by atoms with Crippen molar-refractivity contribution in [2.24, 2.45) is 0 Å². The average molecular weight is 388 g/mol. The highest BCUT2D eigenvalue weighted by Gasteiger charge is 2.19. The van der Waals surface area contributed by atoms with Crippen LogP contribution in [-0.4, -0.2) is 26.9 Å². The topological polar surface area (TPSA) is 65.5 Å². The van der Waals surface area contributed by atoms with E-state index in [4.69, 9.17) is 9.15 Å². The van der Waals surface area contributed by atoms with E-state index in [0.717, 1.165) is 37.8 Å². The monoisotopic (exact) mass is 388 g/mol. The molecule has 0 saturated heterocycles. The largest absolute Gasteiger partial charge is 0.496 e. The van der Waals surface area contributed by atoms with E-state index in [-0.39, 0.29) is 0 Å². The van der Waals surface area contributed by atoms with E-state index >= 15 is 0 Å². The predicted octanol–water partition coefficient (Wildman–Crippen LogP) is 5.09. The third-order valence-electron chi connectivity index (χ3n) is 4.60. The van der Waals surface area contributed by atoms with Gasteiger partial charge in [0.25, 0.3) is 0 Å². The van der Waals surface area contributed by atoms with Gasteiger partial charge >= 0.3 is 0 Å². The second kappa shape index (κ2) is 6.61. The number of aryl methyl sites for hydroxylation is 1. The van der Waals surface area contributed by atoms with E-state index in [9.17, 15) is 0 Å². The number of hydrogen-bond donors (Lipinski definition) is 0. The zero-order valence-electron chi connectivity index (χ0n) is 15.3. The fraction of sp³-hybridized carbons (Fsp3) is 0.0952. The summed E-state index contributed by atoms with van der Waals surface area (Å²) in [5, 5.41) is 15.1. The highest BCUT2D eigenvalue weighted by Crippen LogP contribution is 2.32. The third-order valence-corrected chi connectivity index (χ3v) is 5.46. The highest BCUT2D eigenvalue weighted by molar-refractivity contribution is 7.17. The normalized spacial score (nSPS) is 11.8. The average Bonchev–Trinajstić information content (AvgIpc) is 3.40. The molecule has 0 amide bonds.